The molecule has 0 aliphatic heterocycles. The van der Waals surface area contributed by atoms with Crippen molar-refractivity contribution in [3.63, 3.8) is 0 Å². The van der Waals surface area contributed by atoms with Crippen LogP contribution in [0.25, 0.3) is 5.69 Å². The van der Waals surface area contributed by atoms with Crippen molar-refractivity contribution in [1.29, 1.82) is 0 Å². The van der Waals surface area contributed by atoms with E-state index < -0.39 is 0 Å². The first kappa shape index (κ1) is 16.5. The molecule has 1 fully saturated rings. The molecular weight excluding hydrogens is 304 g/mol. The highest BCUT2D eigenvalue weighted by Crippen LogP contribution is 2.25. The molecule has 0 unspecified atom stereocenters. The van der Waals surface area contributed by atoms with E-state index in [-0.39, 0.29) is 18.1 Å². The lowest BCUT2D eigenvalue weighted by Crippen LogP contribution is -2.40. The third-order valence-electron chi connectivity index (χ3n) is 4.62. The molecular formula is C18H24N4O2. The number of carbonyl (C=O) groups is 1. The quantitative estimate of drug-likeness (QED) is 0.884. The zero-order chi connectivity index (χ0) is 16.9. The van der Waals surface area contributed by atoms with Gasteiger partial charge in [0.15, 0.2) is 0 Å². The van der Waals surface area contributed by atoms with E-state index in [1.54, 1.807) is 22.8 Å². The van der Waals surface area contributed by atoms with E-state index in [0.717, 1.165) is 30.5 Å². The molecule has 2 amide bonds. The van der Waals surface area contributed by atoms with Gasteiger partial charge >= 0.3 is 6.03 Å². The van der Waals surface area contributed by atoms with Crippen molar-refractivity contribution < 1.29 is 9.90 Å². The highest BCUT2D eigenvalue weighted by molar-refractivity contribution is 5.73. The topological polar surface area (TPSA) is 70.4 Å². The molecule has 2 atom stereocenters. The minimum Gasteiger partial charge on any atom is -0.393 e. The number of nitrogens with zero attached hydrogens (tertiary/aromatic N) is 3. The van der Waals surface area contributed by atoms with E-state index >= 15 is 0 Å². The predicted octanol–water partition coefficient (Wildman–Crippen LogP) is 2.17. The number of hydrogen-bond acceptors (Lipinski definition) is 3. The van der Waals surface area contributed by atoms with Crippen molar-refractivity contribution in [2.45, 2.75) is 31.9 Å². The number of nitrogens with one attached hydrogen (secondary N) is 1. The van der Waals surface area contributed by atoms with Gasteiger partial charge in [0.25, 0.3) is 0 Å². The van der Waals surface area contributed by atoms with Crippen LogP contribution >= 0.6 is 0 Å². The third kappa shape index (κ3) is 3.94. The number of aliphatic hydroxyl groups is 1. The van der Waals surface area contributed by atoms with Crippen LogP contribution < -0.4 is 5.32 Å². The Labute approximate surface area is 142 Å². The second-order valence-electron chi connectivity index (χ2n) is 6.41. The van der Waals surface area contributed by atoms with Crippen LogP contribution in [0, 0.1) is 5.92 Å². The van der Waals surface area contributed by atoms with Crippen LogP contribution in [-0.4, -0.2) is 45.5 Å². The smallest absolute Gasteiger partial charge is 0.317 e. The van der Waals surface area contributed by atoms with E-state index in [1.807, 2.05) is 36.5 Å². The Balaban J connectivity index is 1.48. The van der Waals surface area contributed by atoms with E-state index in [2.05, 4.69) is 10.4 Å². The molecule has 1 aromatic carbocycles. The van der Waals surface area contributed by atoms with Crippen LogP contribution in [0.5, 0.6) is 0 Å². The minimum atomic E-state index is -0.268. The molecule has 1 saturated carbocycles. The first-order chi connectivity index (χ1) is 11.6. The van der Waals surface area contributed by atoms with Gasteiger partial charge in [0, 0.05) is 38.4 Å². The van der Waals surface area contributed by atoms with Crippen molar-refractivity contribution in [1.82, 2.24) is 20.0 Å². The van der Waals surface area contributed by atoms with Crippen LogP contribution in [0.2, 0.25) is 0 Å². The Morgan fingerprint density at radius 1 is 1.38 bits per heavy atom. The Kier molecular flexibility index (Phi) is 5.15. The van der Waals surface area contributed by atoms with Crippen molar-refractivity contribution in [3.05, 3.63) is 48.3 Å². The predicted molar refractivity (Wildman–Crippen MR) is 91.8 cm³/mol. The fourth-order valence-electron chi connectivity index (χ4n) is 3.17. The number of aliphatic hydroxyl groups excluding tert-OH is 1. The highest BCUT2D eigenvalue weighted by atomic mass is 16.3. The number of rotatable bonds is 5. The maximum Gasteiger partial charge on any atom is 0.317 e. The molecule has 1 aliphatic carbocycles. The normalized spacial score (nSPS) is 20.1. The zero-order valence-electron chi connectivity index (χ0n) is 13.9. The van der Waals surface area contributed by atoms with E-state index in [0.29, 0.717) is 13.1 Å². The summed E-state index contributed by atoms with van der Waals surface area (Å²) in [5.74, 6) is 0.203. The lowest BCUT2D eigenvalue weighted by atomic mass is 10.1. The Hall–Kier alpha value is -2.34. The lowest BCUT2D eigenvalue weighted by molar-refractivity contribution is 0.114. The van der Waals surface area contributed by atoms with Gasteiger partial charge in [-0.25, -0.2) is 9.48 Å². The van der Waals surface area contributed by atoms with Gasteiger partial charge in [-0.15, -0.1) is 0 Å². The summed E-state index contributed by atoms with van der Waals surface area (Å²) in [6.07, 6.45) is 6.25. The molecule has 6 heteroatoms. The maximum atomic E-state index is 12.2. The van der Waals surface area contributed by atoms with Crippen LogP contribution in [0.4, 0.5) is 4.79 Å². The minimum absolute atomic E-state index is 0.106. The Morgan fingerprint density at radius 3 is 2.79 bits per heavy atom. The first-order valence-corrected chi connectivity index (χ1v) is 8.39. The largest absolute Gasteiger partial charge is 0.393 e. The van der Waals surface area contributed by atoms with Gasteiger partial charge in [0.2, 0.25) is 0 Å². The molecule has 0 radical (unpaired) electrons. The van der Waals surface area contributed by atoms with Gasteiger partial charge in [-0.1, -0.05) is 18.6 Å². The van der Waals surface area contributed by atoms with Gasteiger partial charge in [-0.3, -0.25) is 0 Å². The lowest BCUT2D eigenvalue weighted by Gasteiger charge is -2.23. The zero-order valence-corrected chi connectivity index (χ0v) is 13.9. The van der Waals surface area contributed by atoms with Crippen LogP contribution in [0.15, 0.2) is 42.7 Å². The second kappa shape index (κ2) is 7.49. The number of amides is 2. The summed E-state index contributed by atoms with van der Waals surface area (Å²) < 4.78 is 1.79. The number of benzene rings is 1. The molecule has 2 aromatic rings. The third-order valence-corrected chi connectivity index (χ3v) is 4.62. The summed E-state index contributed by atoms with van der Waals surface area (Å²) in [6.45, 7) is 1.08. The fraction of sp³-hybridized carbons (Fsp3) is 0.444. The summed E-state index contributed by atoms with van der Waals surface area (Å²) >= 11 is 0. The molecule has 128 valence electrons. The molecule has 0 saturated heterocycles. The fourth-order valence-corrected chi connectivity index (χ4v) is 3.17. The van der Waals surface area contributed by atoms with Crippen LogP contribution in [-0.2, 0) is 6.54 Å². The molecule has 0 spiro atoms. The maximum absolute atomic E-state index is 12.2. The molecule has 6 nitrogen and oxygen atoms in total. The molecule has 24 heavy (non-hydrogen) atoms. The Bertz CT molecular complexity index is 654. The summed E-state index contributed by atoms with van der Waals surface area (Å²) in [6, 6.07) is 9.70. The molecule has 1 aromatic heterocycles. The van der Waals surface area contributed by atoms with Gasteiger partial charge < -0.3 is 15.3 Å². The number of hydrogen-bond donors (Lipinski definition) is 2. The highest BCUT2D eigenvalue weighted by Gasteiger charge is 2.27. The van der Waals surface area contributed by atoms with Gasteiger partial charge in [0.05, 0.1) is 11.8 Å². The summed E-state index contributed by atoms with van der Waals surface area (Å²) in [5.41, 5.74) is 2.02. The second-order valence-corrected chi connectivity index (χ2v) is 6.41. The molecule has 0 bridgehead atoms. The average Bonchev–Trinajstić information content (AvgIpc) is 3.26. The van der Waals surface area contributed by atoms with E-state index in [9.17, 15) is 9.90 Å². The SMILES string of the molecule is CN(C[C@H]1CCC[C@@H]1O)C(=O)NCc1ccc(-n2cccn2)cc1. The molecule has 2 N–H and O–H groups in total. The van der Waals surface area contributed by atoms with Crippen molar-refractivity contribution >= 4 is 6.03 Å². The van der Waals surface area contributed by atoms with Crippen molar-refractivity contribution in [2.24, 2.45) is 5.92 Å². The molecule has 3 rings (SSSR count). The van der Waals surface area contributed by atoms with Gasteiger partial charge in [0.1, 0.15) is 0 Å². The van der Waals surface area contributed by atoms with E-state index in [4.69, 9.17) is 0 Å². The van der Waals surface area contributed by atoms with Crippen molar-refractivity contribution in [2.75, 3.05) is 13.6 Å². The van der Waals surface area contributed by atoms with E-state index in [1.165, 1.54) is 0 Å². The average molecular weight is 328 g/mol. The standard InChI is InChI=1S/C18H24N4O2/c1-21(13-15-4-2-5-17(15)23)18(24)19-12-14-6-8-16(9-7-14)22-11-3-10-20-22/h3,6-11,15,17,23H,2,4-5,12-13H2,1H3,(H,19,24)/t15-,17+/m1/s1. The number of aromatic nitrogens is 2. The Morgan fingerprint density at radius 2 is 2.17 bits per heavy atom. The van der Waals surface area contributed by atoms with Crippen LogP contribution in [0.1, 0.15) is 24.8 Å². The number of urea groups is 1. The summed E-state index contributed by atoms with van der Waals surface area (Å²) in [4.78, 5) is 13.8. The number of carbonyl (C=O) groups excluding carboxylic acids is 1. The molecule has 1 aliphatic rings. The summed E-state index contributed by atoms with van der Waals surface area (Å²) in [7, 11) is 1.78. The van der Waals surface area contributed by atoms with Gasteiger partial charge in [-0.05, 0) is 36.6 Å². The summed E-state index contributed by atoms with van der Waals surface area (Å²) in [5, 5.41) is 17.0. The molecule has 1 heterocycles. The van der Waals surface area contributed by atoms with Crippen molar-refractivity contribution in [3.8, 4) is 5.69 Å². The van der Waals surface area contributed by atoms with Gasteiger partial charge in [-0.2, -0.15) is 5.10 Å². The first-order valence-electron chi connectivity index (χ1n) is 8.39. The van der Waals surface area contributed by atoms with Crippen LogP contribution in [0.3, 0.4) is 0 Å². The monoisotopic (exact) mass is 328 g/mol.